The molecule has 1 aromatic rings. The largest absolute Gasteiger partial charge is 0.493 e. The SMILES string of the molecule is COC(=O)Cc1cc(OC)c(OC)cc1CC(=O)O. The van der Waals surface area contributed by atoms with Crippen LogP contribution in [-0.4, -0.2) is 38.4 Å². The zero-order chi connectivity index (χ0) is 14.4. The average Bonchev–Trinajstić information content (AvgIpc) is 2.39. The predicted molar refractivity (Wildman–Crippen MR) is 66.6 cm³/mol. The van der Waals surface area contributed by atoms with Gasteiger partial charge in [0.1, 0.15) is 0 Å². The number of carboxylic acid groups (broad SMARTS) is 1. The van der Waals surface area contributed by atoms with Crippen molar-refractivity contribution in [3.8, 4) is 11.5 Å². The molecule has 0 aromatic heterocycles. The summed E-state index contributed by atoms with van der Waals surface area (Å²) in [5, 5.41) is 8.88. The lowest BCUT2D eigenvalue weighted by atomic mass is 10.0. The Hall–Kier alpha value is -2.24. The molecule has 0 bridgehead atoms. The molecule has 1 rings (SSSR count). The number of carboxylic acids is 1. The van der Waals surface area contributed by atoms with Crippen molar-refractivity contribution in [1.82, 2.24) is 0 Å². The van der Waals surface area contributed by atoms with Gasteiger partial charge in [0, 0.05) is 0 Å². The molecule has 19 heavy (non-hydrogen) atoms. The van der Waals surface area contributed by atoms with Crippen LogP contribution >= 0.6 is 0 Å². The Bertz CT molecular complexity index is 480. The number of ether oxygens (including phenoxy) is 3. The highest BCUT2D eigenvalue weighted by atomic mass is 16.5. The Kier molecular flexibility index (Phi) is 5.17. The highest BCUT2D eigenvalue weighted by molar-refractivity contribution is 5.76. The van der Waals surface area contributed by atoms with Gasteiger partial charge in [0.15, 0.2) is 11.5 Å². The minimum atomic E-state index is -0.988. The molecule has 6 nitrogen and oxygen atoms in total. The van der Waals surface area contributed by atoms with Crippen LogP contribution in [0.3, 0.4) is 0 Å². The quantitative estimate of drug-likeness (QED) is 0.776. The first kappa shape index (κ1) is 14.8. The normalized spacial score (nSPS) is 9.84. The Morgan fingerprint density at radius 1 is 1.00 bits per heavy atom. The molecule has 104 valence electrons. The second kappa shape index (κ2) is 6.63. The number of carbonyl (C=O) groups is 2. The van der Waals surface area contributed by atoms with Crippen molar-refractivity contribution in [2.24, 2.45) is 0 Å². The first-order chi connectivity index (χ1) is 9.01. The highest BCUT2D eigenvalue weighted by Gasteiger charge is 2.16. The summed E-state index contributed by atoms with van der Waals surface area (Å²) in [5.74, 6) is -0.569. The number of carbonyl (C=O) groups excluding carboxylic acids is 1. The summed E-state index contributed by atoms with van der Waals surface area (Å²) >= 11 is 0. The lowest BCUT2D eigenvalue weighted by Crippen LogP contribution is -2.10. The Morgan fingerprint density at radius 2 is 1.47 bits per heavy atom. The van der Waals surface area contributed by atoms with E-state index in [-0.39, 0.29) is 12.8 Å². The summed E-state index contributed by atoms with van der Waals surface area (Å²) in [5.41, 5.74) is 1.04. The second-order valence-electron chi connectivity index (χ2n) is 3.80. The first-order valence-electron chi connectivity index (χ1n) is 5.54. The number of rotatable bonds is 6. The zero-order valence-corrected chi connectivity index (χ0v) is 11.1. The van der Waals surface area contributed by atoms with E-state index in [0.29, 0.717) is 22.6 Å². The van der Waals surface area contributed by atoms with Crippen molar-refractivity contribution in [2.45, 2.75) is 12.8 Å². The number of hydrogen-bond acceptors (Lipinski definition) is 5. The zero-order valence-electron chi connectivity index (χ0n) is 11.1. The van der Waals surface area contributed by atoms with Gasteiger partial charge in [-0.3, -0.25) is 9.59 Å². The van der Waals surface area contributed by atoms with Gasteiger partial charge in [-0.1, -0.05) is 0 Å². The molecule has 0 aliphatic carbocycles. The minimum absolute atomic E-state index is 0.0144. The summed E-state index contributed by atoms with van der Waals surface area (Å²) < 4.78 is 14.8. The predicted octanol–water partition coefficient (Wildman–Crippen LogP) is 1.05. The molecule has 0 saturated carbocycles. The van der Waals surface area contributed by atoms with Gasteiger partial charge >= 0.3 is 11.9 Å². The molecular formula is C13H16O6. The lowest BCUT2D eigenvalue weighted by molar-refractivity contribution is -0.140. The molecule has 0 aliphatic heterocycles. The third-order valence-corrected chi connectivity index (χ3v) is 2.61. The number of hydrogen-bond donors (Lipinski definition) is 1. The van der Waals surface area contributed by atoms with Crippen LogP contribution in [0.25, 0.3) is 0 Å². The van der Waals surface area contributed by atoms with Crippen LogP contribution in [0.15, 0.2) is 12.1 Å². The van der Waals surface area contributed by atoms with Crippen LogP contribution in [0.4, 0.5) is 0 Å². The van der Waals surface area contributed by atoms with Crippen LogP contribution in [0.2, 0.25) is 0 Å². The maximum absolute atomic E-state index is 11.3. The van der Waals surface area contributed by atoms with Crippen molar-refractivity contribution < 1.29 is 28.9 Å². The standard InChI is InChI=1S/C13H16O6/c1-17-10-4-8(6-12(14)15)9(5-11(10)18-2)7-13(16)19-3/h4-5H,6-7H2,1-3H3,(H,14,15). The molecule has 1 aromatic carbocycles. The molecule has 0 amide bonds. The van der Waals surface area contributed by atoms with Crippen molar-refractivity contribution in [3.05, 3.63) is 23.3 Å². The molecule has 0 heterocycles. The third kappa shape index (κ3) is 3.87. The maximum atomic E-state index is 11.3. The van der Waals surface area contributed by atoms with Gasteiger partial charge in [0.25, 0.3) is 0 Å². The van der Waals surface area contributed by atoms with Gasteiger partial charge in [0.05, 0.1) is 34.2 Å². The monoisotopic (exact) mass is 268 g/mol. The molecule has 0 radical (unpaired) electrons. The Balaban J connectivity index is 3.22. The van der Waals surface area contributed by atoms with Gasteiger partial charge < -0.3 is 19.3 Å². The van der Waals surface area contributed by atoms with Crippen LogP contribution in [0.5, 0.6) is 11.5 Å². The summed E-state index contributed by atoms with van der Waals surface area (Å²) in [6.07, 6.45) is -0.216. The minimum Gasteiger partial charge on any atom is -0.493 e. The van der Waals surface area contributed by atoms with E-state index in [2.05, 4.69) is 4.74 Å². The molecule has 0 spiro atoms. The topological polar surface area (TPSA) is 82.1 Å². The molecular weight excluding hydrogens is 252 g/mol. The Labute approximate surface area is 110 Å². The van der Waals surface area contributed by atoms with Gasteiger partial charge in [-0.2, -0.15) is 0 Å². The molecule has 6 heteroatoms. The van der Waals surface area contributed by atoms with E-state index in [0.717, 1.165) is 0 Å². The van der Waals surface area contributed by atoms with E-state index in [9.17, 15) is 9.59 Å². The van der Waals surface area contributed by atoms with Crippen LogP contribution in [0.1, 0.15) is 11.1 Å². The lowest BCUT2D eigenvalue weighted by Gasteiger charge is -2.13. The van der Waals surface area contributed by atoms with Crippen molar-refractivity contribution in [1.29, 1.82) is 0 Å². The van der Waals surface area contributed by atoms with E-state index >= 15 is 0 Å². The fourth-order valence-corrected chi connectivity index (χ4v) is 1.68. The molecule has 0 saturated heterocycles. The number of methoxy groups -OCH3 is 3. The third-order valence-electron chi connectivity index (χ3n) is 2.61. The average molecular weight is 268 g/mol. The van der Waals surface area contributed by atoms with E-state index < -0.39 is 11.9 Å². The van der Waals surface area contributed by atoms with Gasteiger partial charge in [-0.25, -0.2) is 0 Å². The second-order valence-corrected chi connectivity index (χ2v) is 3.80. The smallest absolute Gasteiger partial charge is 0.309 e. The fourth-order valence-electron chi connectivity index (χ4n) is 1.68. The van der Waals surface area contributed by atoms with Crippen LogP contribution < -0.4 is 9.47 Å². The van der Waals surface area contributed by atoms with Gasteiger partial charge in [-0.05, 0) is 23.3 Å². The van der Waals surface area contributed by atoms with Crippen molar-refractivity contribution in [3.63, 3.8) is 0 Å². The number of esters is 1. The van der Waals surface area contributed by atoms with E-state index in [1.54, 1.807) is 12.1 Å². The van der Waals surface area contributed by atoms with Gasteiger partial charge in [0.2, 0.25) is 0 Å². The molecule has 1 N–H and O–H groups in total. The molecule has 0 aliphatic rings. The Morgan fingerprint density at radius 3 is 1.84 bits per heavy atom. The maximum Gasteiger partial charge on any atom is 0.309 e. The first-order valence-corrected chi connectivity index (χ1v) is 5.54. The molecule has 0 unspecified atom stereocenters. The van der Waals surface area contributed by atoms with E-state index in [1.165, 1.54) is 21.3 Å². The fraction of sp³-hybridized carbons (Fsp3) is 0.385. The van der Waals surface area contributed by atoms with E-state index in [1.807, 2.05) is 0 Å². The number of aliphatic carboxylic acids is 1. The summed E-state index contributed by atoms with van der Waals surface area (Å²) in [6, 6.07) is 3.15. The van der Waals surface area contributed by atoms with Crippen molar-refractivity contribution in [2.75, 3.05) is 21.3 Å². The summed E-state index contributed by atoms with van der Waals surface area (Å²) in [7, 11) is 4.21. The van der Waals surface area contributed by atoms with Crippen LogP contribution in [0, 0.1) is 0 Å². The number of benzene rings is 1. The van der Waals surface area contributed by atoms with E-state index in [4.69, 9.17) is 14.6 Å². The van der Waals surface area contributed by atoms with Gasteiger partial charge in [-0.15, -0.1) is 0 Å². The molecule has 0 atom stereocenters. The molecule has 0 fully saturated rings. The van der Waals surface area contributed by atoms with Crippen LogP contribution in [-0.2, 0) is 27.2 Å². The van der Waals surface area contributed by atoms with Crippen molar-refractivity contribution >= 4 is 11.9 Å². The summed E-state index contributed by atoms with van der Waals surface area (Å²) in [6.45, 7) is 0. The summed E-state index contributed by atoms with van der Waals surface area (Å²) in [4.78, 5) is 22.2. The highest BCUT2D eigenvalue weighted by Crippen LogP contribution is 2.31.